The molecule has 0 atom stereocenters. The fraction of sp³-hybridized carbons (Fsp3) is 0.167. The Bertz CT molecular complexity index is 561. The first kappa shape index (κ1) is 11.2. The van der Waals surface area contributed by atoms with Crippen LogP contribution >= 0.6 is 0 Å². The molecule has 0 bridgehead atoms. The summed E-state index contributed by atoms with van der Waals surface area (Å²) in [7, 11) is 0. The maximum atomic E-state index is 10.9. The van der Waals surface area contributed by atoms with E-state index in [2.05, 4.69) is 21.5 Å². The molecule has 2 aromatic rings. The second-order valence-electron chi connectivity index (χ2n) is 3.74. The zero-order chi connectivity index (χ0) is 12.4. The number of hydrogen-bond acceptors (Lipinski definition) is 3. The van der Waals surface area contributed by atoms with Gasteiger partial charge in [0, 0.05) is 18.3 Å². The fourth-order valence-electron chi connectivity index (χ4n) is 1.51. The minimum atomic E-state index is -0.163. The second-order valence-corrected chi connectivity index (χ2v) is 3.74. The summed E-state index contributed by atoms with van der Waals surface area (Å²) in [6.07, 6.45) is 2.75. The van der Waals surface area contributed by atoms with Crippen molar-refractivity contribution >= 4 is 11.6 Å². The number of aromatic hydroxyl groups is 1. The Morgan fingerprint density at radius 3 is 2.88 bits per heavy atom. The van der Waals surface area contributed by atoms with Crippen LogP contribution in [0.3, 0.4) is 0 Å². The molecule has 1 aromatic carbocycles. The first-order valence-electron chi connectivity index (χ1n) is 5.11. The van der Waals surface area contributed by atoms with Crippen molar-refractivity contribution in [3.8, 4) is 17.1 Å². The van der Waals surface area contributed by atoms with E-state index in [1.54, 1.807) is 12.1 Å². The molecule has 0 fully saturated rings. The normalized spacial score (nSPS) is 10.2. The van der Waals surface area contributed by atoms with Gasteiger partial charge in [0.1, 0.15) is 17.8 Å². The number of aryl methyl sites for hydroxylation is 1. The molecule has 1 amide bonds. The number of nitrogens with zero attached hydrogens (tertiary/aromatic N) is 1. The highest BCUT2D eigenvalue weighted by molar-refractivity contribution is 5.89. The van der Waals surface area contributed by atoms with Gasteiger partial charge in [-0.1, -0.05) is 0 Å². The number of aromatic amines is 1. The lowest BCUT2D eigenvalue weighted by Gasteiger charge is -2.06. The largest absolute Gasteiger partial charge is 0.507 e. The molecule has 1 heterocycles. The lowest BCUT2D eigenvalue weighted by atomic mass is 10.1. The Kier molecular flexibility index (Phi) is 2.82. The van der Waals surface area contributed by atoms with E-state index in [1.807, 2.05) is 6.92 Å². The Morgan fingerprint density at radius 2 is 2.29 bits per heavy atom. The summed E-state index contributed by atoms with van der Waals surface area (Å²) in [6, 6.07) is 4.79. The van der Waals surface area contributed by atoms with E-state index in [0.29, 0.717) is 17.1 Å². The van der Waals surface area contributed by atoms with Crippen LogP contribution in [-0.4, -0.2) is 21.0 Å². The number of aromatic nitrogens is 2. The molecule has 0 aliphatic rings. The monoisotopic (exact) mass is 230 g/mol. The zero-order valence-electron chi connectivity index (χ0n) is 9.53. The molecular formula is C12H12N3O2. The Hall–Kier alpha value is -2.30. The summed E-state index contributed by atoms with van der Waals surface area (Å²) < 4.78 is 0. The molecule has 87 valence electrons. The average molecular weight is 230 g/mol. The molecule has 0 saturated heterocycles. The molecule has 1 radical (unpaired) electrons. The minimum absolute atomic E-state index is 0.0989. The van der Waals surface area contributed by atoms with Crippen molar-refractivity contribution in [3.05, 3.63) is 30.1 Å². The van der Waals surface area contributed by atoms with Gasteiger partial charge in [-0.3, -0.25) is 4.79 Å². The molecule has 0 aliphatic heterocycles. The number of phenols is 1. The smallest absolute Gasteiger partial charge is 0.221 e. The average Bonchev–Trinajstić information content (AvgIpc) is 2.67. The van der Waals surface area contributed by atoms with Crippen LogP contribution in [0.25, 0.3) is 11.4 Å². The van der Waals surface area contributed by atoms with Gasteiger partial charge in [0.05, 0.1) is 5.56 Å². The van der Waals surface area contributed by atoms with E-state index in [1.165, 1.54) is 13.0 Å². The number of hydrogen-bond donors (Lipinski definition) is 3. The van der Waals surface area contributed by atoms with E-state index in [0.717, 1.165) is 5.69 Å². The Labute approximate surface area is 98.5 Å². The number of carbonyl (C=O) groups is 1. The Morgan fingerprint density at radius 1 is 1.53 bits per heavy atom. The predicted molar refractivity (Wildman–Crippen MR) is 63.6 cm³/mol. The fourth-order valence-corrected chi connectivity index (χ4v) is 1.51. The number of nitrogens with one attached hydrogen (secondary N) is 2. The van der Waals surface area contributed by atoms with Crippen molar-refractivity contribution in [1.29, 1.82) is 0 Å². The third kappa shape index (κ3) is 2.44. The quantitative estimate of drug-likeness (QED) is 0.689. The van der Waals surface area contributed by atoms with Gasteiger partial charge in [-0.15, -0.1) is 0 Å². The van der Waals surface area contributed by atoms with Crippen LogP contribution in [0.15, 0.2) is 18.2 Å². The number of anilines is 1. The maximum absolute atomic E-state index is 10.9. The first-order chi connectivity index (χ1) is 8.06. The van der Waals surface area contributed by atoms with Crippen LogP contribution in [0, 0.1) is 13.1 Å². The van der Waals surface area contributed by atoms with Gasteiger partial charge in [0.25, 0.3) is 0 Å². The van der Waals surface area contributed by atoms with E-state index in [4.69, 9.17) is 0 Å². The molecule has 0 unspecified atom stereocenters. The third-order valence-corrected chi connectivity index (χ3v) is 2.21. The van der Waals surface area contributed by atoms with Gasteiger partial charge in [0.15, 0.2) is 0 Å². The summed E-state index contributed by atoms with van der Waals surface area (Å²) in [5, 5.41) is 12.4. The van der Waals surface area contributed by atoms with Crippen molar-refractivity contribution in [1.82, 2.24) is 9.97 Å². The van der Waals surface area contributed by atoms with Crippen molar-refractivity contribution in [3.63, 3.8) is 0 Å². The van der Waals surface area contributed by atoms with Crippen molar-refractivity contribution in [2.24, 2.45) is 0 Å². The standard InChI is InChI=1S/C12H12N3O2/c1-7-6-13-12(14-7)10-5-9(15-8(2)16)3-4-11(10)17/h3-5,17H,1-2H3,(H,13,14)(H,15,16). The highest BCUT2D eigenvalue weighted by Crippen LogP contribution is 2.29. The first-order valence-corrected chi connectivity index (χ1v) is 5.11. The molecule has 5 nitrogen and oxygen atoms in total. The number of imidazole rings is 1. The van der Waals surface area contributed by atoms with Crippen LogP contribution in [0.2, 0.25) is 0 Å². The zero-order valence-corrected chi connectivity index (χ0v) is 9.53. The minimum Gasteiger partial charge on any atom is -0.507 e. The van der Waals surface area contributed by atoms with Crippen molar-refractivity contribution in [2.75, 3.05) is 5.32 Å². The molecule has 3 N–H and O–H groups in total. The van der Waals surface area contributed by atoms with Crippen LogP contribution in [0.4, 0.5) is 5.69 Å². The number of amides is 1. The summed E-state index contributed by atoms with van der Waals surface area (Å²) >= 11 is 0. The summed E-state index contributed by atoms with van der Waals surface area (Å²) in [5.74, 6) is 0.456. The Balaban J connectivity index is 2.42. The van der Waals surface area contributed by atoms with E-state index in [-0.39, 0.29) is 11.7 Å². The highest BCUT2D eigenvalue weighted by atomic mass is 16.3. The maximum Gasteiger partial charge on any atom is 0.221 e. The van der Waals surface area contributed by atoms with Crippen molar-refractivity contribution < 1.29 is 9.90 Å². The lowest BCUT2D eigenvalue weighted by Crippen LogP contribution is -2.05. The van der Waals surface area contributed by atoms with E-state index in [9.17, 15) is 9.90 Å². The molecule has 0 spiro atoms. The highest BCUT2D eigenvalue weighted by Gasteiger charge is 2.09. The molecule has 0 saturated carbocycles. The van der Waals surface area contributed by atoms with Crippen molar-refractivity contribution in [2.45, 2.75) is 13.8 Å². The van der Waals surface area contributed by atoms with Gasteiger partial charge < -0.3 is 15.4 Å². The molecule has 5 heteroatoms. The molecule has 2 rings (SSSR count). The van der Waals surface area contributed by atoms with Crippen LogP contribution in [0.5, 0.6) is 5.75 Å². The predicted octanol–water partition coefficient (Wildman–Crippen LogP) is 1.85. The summed E-state index contributed by atoms with van der Waals surface area (Å²) in [6.45, 7) is 3.25. The third-order valence-electron chi connectivity index (χ3n) is 2.21. The number of benzene rings is 1. The number of carbonyl (C=O) groups excluding carboxylic acids is 1. The van der Waals surface area contributed by atoms with Crippen LogP contribution in [0.1, 0.15) is 12.6 Å². The second kappa shape index (κ2) is 4.29. The van der Waals surface area contributed by atoms with Gasteiger partial charge in [-0.2, -0.15) is 0 Å². The van der Waals surface area contributed by atoms with Gasteiger partial charge in [0.2, 0.25) is 5.91 Å². The van der Waals surface area contributed by atoms with Gasteiger partial charge in [-0.05, 0) is 25.1 Å². The number of rotatable bonds is 2. The van der Waals surface area contributed by atoms with Gasteiger partial charge >= 0.3 is 0 Å². The van der Waals surface area contributed by atoms with Gasteiger partial charge in [-0.25, -0.2) is 4.98 Å². The molecule has 0 aliphatic carbocycles. The molecule has 17 heavy (non-hydrogen) atoms. The molecule has 1 aromatic heterocycles. The van der Waals surface area contributed by atoms with Crippen LogP contribution < -0.4 is 5.32 Å². The topological polar surface area (TPSA) is 78.0 Å². The lowest BCUT2D eigenvalue weighted by molar-refractivity contribution is -0.114. The number of phenolic OH excluding ortho intramolecular Hbond substituents is 1. The van der Waals surface area contributed by atoms with E-state index < -0.39 is 0 Å². The molecular weight excluding hydrogens is 218 g/mol. The SMILES string of the molecule is CC(=O)Nc1ccc(O)c(-c2n[c]c(C)[nH]2)c1. The summed E-state index contributed by atoms with van der Waals surface area (Å²) in [5.41, 5.74) is 1.92. The van der Waals surface area contributed by atoms with E-state index >= 15 is 0 Å². The summed E-state index contributed by atoms with van der Waals surface area (Å²) in [4.78, 5) is 17.9. The van der Waals surface area contributed by atoms with Crippen LogP contribution in [-0.2, 0) is 4.79 Å². The number of H-pyrrole nitrogens is 1.